The van der Waals surface area contributed by atoms with Crippen LogP contribution in [-0.2, 0) is 19.1 Å². The summed E-state index contributed by atoms with van der Waals surface area (Å²) in [4.78, 5) is 24.2. The van der Waals surface area contributed by atoms with Crippen LogP contribution in [0.25, 0.3) is 0 Å². The molecule has 4 fully saturated rings. The molecule has 4 nitrogen and oxygen atoms in total. The SMILES string of the molecule is C[C@@H]1C(=O)O[C@H]2C1CC[C@]13CCC(=O)[C@@](C)(OC1)[C@H]23. The van der Waals surface area contributed by atoms with Crippen LogP contribution < -0.4 is 0 Å². The third-order valence-electron chi connectivity index (χ3n) is 6.31. The monoisotopic (exact) mass is 264 g/mol. The molecule has 2 saturated heterocycles. The molecule has 4 aliphatic rings. The summed E-state index contributed by atoms with van der Waals surface area (Å²) < 4.78 is 11.6. The zero-order valence-corrected chi connectivity index (χ0v) is 11.5. The van der Waals surface area contributed by atoms with Crippen molar-refractivity contribution in [2.75, 3.05) is 6.61 Å². The van der Waals surface area contributed by atoms with E-state index in [9.17, 15) is 9.59 Å². The Bertz CT molecular complexity index is 473. The Morgan fingerprint density at radius 2 is 2.05 bits per heavy atom. The van der Waals surface area contributed by atoms with Crippen molar-refractivity contribution >= 4 is 11.8 Å². The van der Waals surface area contributed by atoms with Gasteiger partial charge >= 0.3 is 5.97 Å². The Kier molecular flexibility index (Phi) is 2.13. The van der Waals surface area contributed by atoms with Crippen molar-refractivity contribution in [1.82, 2.24) is 0 Å². The lowest BCUT2D eigenvalue weighted by Crippen LogP contribution is -2.58. The van der Waals surface area contributed by atoms with Crippen molar-refractivity contribution in [1.29, 1.82) is 0 Å². The van der Waals surface area contributed by atoms with Gasteiger partial charge in [-0.1, -0.05) is 6.92 Å². The van der Waals surface area contributed by atoms with Crippen LogP contribution in [-0.4, -0.2) is 30.1 Å². The van der Waals surface area contributed by atoms with E-state index in [1.165, 1.54) is 0 Å². The Morgan fingerprint density at radius 3 is 2.84 bits per heavy atom. The van der Waals surface area contributed by atoms with E-state index in [1.807, 2.05) is 13.8 Å². The van der Waals surface area contributed by atoms with Gasteiger partial charge in [-0.15, -0.1) is 0 Å². The van der Waals surface area contributed by atoms with Gasteiger partial charge in [0, 0.05) is 23.7 Å². The minimum Gasteiger partial charge on any atom is -0.461 e. The number of ketones is 1. The highest BCUT2D eigenvalue weighted by Gasteiger charge is 2.69. The summed E-state index contributed by atoms with van der Waals surface area (Å²) in [5.74, 6) is 0.434. The third-order valence-corrected chi connectivity index (χ3v) is 6.31. The van der Waals surface area contributed by atoms with Gasteiger partial charge in [0.25, 0.3) is 0 Å². The number of hydrogen-bond donors (Lipinski definition) is 0. The first-order chi connectivity index (χ1) is 8.98. The quantitative estimate of drug-likeness (QED) is 0.625. The largest absolute Gasteiger partial charge is 0.461 e. The molecule has 2 aliphatic carbocycles. The first-order valence-electron chi connectivity index (χ1n) is 7.36. The fourth-order valence-corrected chi connectivity index (χ4v) is 5.14. The van der Waals surface area contributed by atoms with Crippen molar-refractivity contribution in [3.63, 3.8) is 0 Å². The molecule has 19 heavy (non-hydrogen) atoms. The van der Waals surface area contributed by atoms with Gasteiger partial charge in [0.1, 0.15) is 11.7 Å². The molecule has 0 amide bonds. The second-order valence-corrected chi connectivity index (χ2v) is 7.05. The molecule has 4 rings (SSSR count). The summed E-state index contributed by atoms with van der Waals surface area (Å²) in [6, 6.07) is 0. The van der Waals surface area contributed by atoms with Crippen molar-refractivity contribution in [3.05, 3.63) is 0 Å². The fourth-order valence-electron chi connectivity index (χ4n) is 5.14. The van der Waals surface area contributed by atoms with Crippen LogP contribution in [0.2, 0.25) is 0 Å². The lowest BCUT2D eigenvalue weighted by atomic mass is 9.53. The maximum Gasteiger partial charge on any atom is 0.309 e. The Balaban J connectivity index is 1.79. The van der Waals surface area contributed by atoms with Crippen molar-refractivity contribution in [3.8, 4) is 0 Å². The smallest absolute Gasteiger partial charge is 0.309 e. The molecule has 2 saturated carbocycles. The van der Waals surface area contributed by atoms with E-state index >= 15 is 0 Å². The van der Waals surface area contributed by atoms with Gasteiger partial charge in [-0.3, -0.25) is 9.59 Å². The highest BCUT2D eigenvalue weighted by Crippen LogP contribution is 2.63. The lowest BCUT2D eigenvalue weighted by Gasteiger charge is -2.50. The molecule has 4 heteroatoms. The number of ether oxygens (including phenoxy) is 2. The lowest BCUT2D eigenvalue weighted by molar-refractivity contribution is -0.162. The summed E-state index contributed by atoms with van der Waals surface area (Å²) in [6.07, 6.45) is 3.52. The number of hydrogen-bond acceptors (Lipinski definition) is 4. The summed E-state index contributed by atoms with van der Waals surface area (Å²) in [6.45, 7) is 4.54. The first kappa shape index (κ1) is 11.9. The van der Waals surface area contributed by atoms with Crippen LogP contribution in [0.15, 0.2) is 0 Å². The first-order valence-corrected chi connectivity index (χ1v) is 7.36. The van der Waals surface area contributed by atoms with E-state index in [0.29, 0.717) is 13.0 Å². The van der Waals surface area contributed by atoms with Crippen molar-refractivity contribution < 1.29 is 19.1 Å². The number of Topliss-reactive ketones (excluding diaryl/α,β-unsaturated/α-hetero) is 1. The molecule has 0 N–H and O–H groups in total. The third kappa shape index (κ3) is 1.24. The zero-order chi connectivity index (χ0) is 13.4. The van der Waals surface area contributed by atoms with Crippen LogP contribution in [0.1, 0.15) is 39.5 Å². The van der Waals surface area contributed by atoms with E-state index in [2.05, 4.69) is 0 Å². The minimum atomic E-state index is -0.716. The van der Waals surface area contributed by atoms with Gasteiger partial charge in [-0.2, -0.15) is 0 Å². The minimum absolute atomic E-state index is 0.0256. The Morgan fingerprint density at radius 1 is 1.26 bits per heavy atom. The molecule has 0 aromatic carbocycles. The van der Waals surface area contributed by atoms with Crippen LogP contribution in [0, 0.1) is 23.2 Å². The molecular weight excluding hydrogens is 244 g/mol. The van der Waals surface area contributed by atoms with Gasteiger partial charge in [-0.05, 0) is 26.2 Å². The van der Waals surface area contributed by atoms with Crippen LogP contribution in [0.5, 0.6) is 0 Å². The fraction of sp³-hybridized carbons (Fsp3) is 0.867. The number of rotatable bonds is 0. The van der Waals surface area contributed by atoms with Crippen LogP contribution in [0.3, 0.4) is 0 Å². The second kappa shape index (κ2) is 3.40. The maximum absolute atomic E-state index is 12.3. The summed E-state index contributed by atoms with van der Waals surface area (Å²) in [7, 11) is 0. The number of carbonyl (C=O) groups excluding carboxylic acids is 2. The van der Waals surface area contributed by atoms with E-state index in [0.717, 1.165) is 19.3 Å². The standard InChI is InChI=1S/C15H20O4/c1-8-9-3-5-15-6-4-10(16)14(2,18-7-15)12(15)11(9)19-13(8)17/h8-9,11-12H,3-7H2,1-2H3/t8-,9?,11-,12-,14+,15-/m0/s1. The van der Waals surface area contributed by atoms with E-state index < -0.39 is 5.60 Å². The van der Waals surface area contributed by atoms with Crippen LogP contribution in [0.4, 0.5) is 0 Å². The topological polar surface area (TPSA) is 52.6 Å². The average Bonchev–Trinajstić information content (AvgIpc) is 2.81. The molecule has 0 aromatic heterocycles. The Hall–Kier alpha value is -0.900. The summed E-state index contributed by atoms with van der Waals surface area (Å²) >= 11 is 0. The molecule has 1 unspecified atom stereocenters. The predicted octanol–water partition coefficient (Wildman–Crippen LogP) is 1.71. The van der Waals surface area contributed by atoms with Gasteiger partial charge in [0.05, 0.1) is 12.5 Å². The predicted molar refractivity (Wildman–Crippen MR) is 66.3 cm³/mol. The molecule has 2 bridgehead atoms. The highest BCUT2D eigenvalue weighted by molar-refractivity contribution is 5.89. The summed E-state index contributed by atoms with van der Waals surface area (Å²) in [5.41, 5.74) is -0.639. The number of esters is 1. The molecule has 0 aromatic rings. The molecule has 2 aliphatic heterocycles. The van der Waals surface area contributed by atoms with E-state index in [-0.39, 0.29) is 41.0 Å². The van der Waals surface area contributed by atoms with E-state index in [1.54, 1.807) is 0 Å². The van der Waals surface area contributed by atoms with E-state index in [4.69, 9.17) is 9.47 Å². The van der Waals surface area contributed by atoms with Crippen LogP contribution >= 0.6 is 0 Å². The van der Waals surface area contributed by atoms with Crippen molar-refractivity contribution in [2.24, 2.45) is 23.2 Å². The van der Waals surface area contributed by atoms with Gasteiger partial charge in [0.2, 0.25) is 0 Å². The zero-order valence-electron chi connectivity index (χ0n) is 11.5. The molecule has 0 radical (unpaired) electrons. The second-order valence-electron chi connectivity index (χ2n) is 7.05. The Labute approximate surface area is 112 Å². The van der Waals surface area contributed by atoms with Gasteiger partial charge in [-0.25, -0.2) is 0 Å². The molecule has 0 spiro atoms. The average molecular weight is 264 g/mol. The summed E-state index contributed by atoms with van der Waals surface area (Å²) in [5, 5.41) is 0. The molecule has 104 valence electrons. The normalized spacial score (nSPS) is 55.7. The number of fused-ring (bicyclic) bond motifs is 1. The van der Waals surface area contributed by atoms with Gasteiger partial charge in [0.15, 0.2) is 5.78 Å². The molecule has 2 heterocycles. The highest BCUT2D eigenvalue weighted by atomic mass is 16.6. The molecule has 6 atom stereocenters. The maximum atomic E-state index is 12.3. The van der Waals surface area contributed by atoms with Crippen molar-refractivity contribution in [2.45, 2.75) is 51.2 Å². The molecular formula is C15H20O4. The number of carbonyl (C=O) groups is 2. The van der Waals surface area contributed by atoms with Gasteiger partial charge < -0.3 is 9.47 Å².